The van der Waals surface area contributed by atoms with E-state index in [0.717, 1.165) is 34.0 Å². The van der Waals surface area contributed by atoms with Gasteiger partial charge in [0.25, 0.3) is 0 Å². The van der Waals surface area contributed by atoms with Crippen molar-refractivity contribution in [3.8, 4) is 5.69 Å². The summed E-state index contributed by atoms with van der Waals surface area (Å²) in [5.74, 6) is 2.15. The van der Waals surface area contributed by atoms with Gasteiger partial charge >= 0.3 is 0 Å². The van der Waals surface area contributed by atoms with Crippen molar-refractivity contribution in [2.45, 2.75) is 27.0 Å². The van der Waals surface area contributed by atoms with Gasteiger partial charge < -0.3 is 14.5 Å². The maximum atomic E-state index is 5.41. The number of hydrogen-bond donors (Lipinski definition) is 1. The number of nitrogens with one attached hydrogen (secondary N) is 1. The van der Waals surface area contributed by atoms with Crippen molar-refractivity contribution in [2.24, 2.45) is 0 Å². The lowest BCUT2D eigenvalue weighted by Crippen LogP contribution is -2.07. The number of methoxy groups -OCH3 is 1. The SMILES string of the molecule is COCc1nc(NCc2ccco2)c2c(C)nn(-c3ccc(C)cc3)c2n1. The molecule has 0 radical (unpaired) electrons. The van der Waals surface area contributed by atoms with Crippen LogP contribution in [0.4, 0.5) is 5.82 Å². The second kappa shape index (κ2) is 7.20. The van der Waals surface area contributed by atoms with Crippen molar-refractivity contribution in [3.05, 3.63) is 65.5 Å². The summed E-state index contributed by atoms with van der Waals surface area (Å²) in [6.07, 6.45) is 1.66. The monoisotopic (exact) mass is 363 g/mol. The van der Waals surface area contributed by atoms with Gasteiger partial charge in [-0.1, -0.05) is 17.7 Å². The number of ether oxygens (including phenoxy) is 1. The predicted molar refractivity (Wildman–Crippen MR) is 103 cm³/mol. The normalized spacial score (nSPS) is 11.2. The van der Waals surface area contributed by atoms with Crippen LogP contribution in [0, 0.1) is 13.8 Å². The van der Waals surface area contributed by atoms with Crippen LogP contribution in [0.1, 0.15) is 22.8 Å². The highest BCUT2D eigenvalue weighted by Crippen LogP contribution is 2.27. The highest BCUT2D eigenvalue weighted by atomic mass is 16.5. The Morgan fingerprint density at radius 2 is 1.93 bits per heavy atom. The maximum Gasteiger partial charge on any atom is 0.169 e. The van der Waals surface area contributed by atoms with Crippen LogP contribution in [0.5, 0.6) is 0 Å². The van der Waals surface area contributed by atoms with Gasteiger partial charge in [0.2, 0.25) is 0 Å². The molecule has 0 atom stereocenters. The van der Waals surface area contributed by atoms with Crippen molar-refractivity contribution in [1.29, 1.82) is 0 Å². The Balaban J connectivity index is 1.82. The fourth-order valence-corrected chi connectivity index (χ4v) is 3.00. The molecule has 1 N–H and O–H groups in total. The smallest absolute Gasteiger partial charge is 0.169 e. The van der Waals surface area contributed by atoms with E-state index in [4.69, 9.17) is 19.2 Å². The summed E-state index contributed by atoms with van der Waals surface area (Å²) in [4.78, 5) is 9.32. The topological polar surface area (TPSA) is 78.0 Å². The minimum atomic E-state index is 0.323. The van der Waals surface area contributed by atoms with Crippen LogP contribution < -0.4 is 5.32 Å². The Bertz CT molecular complexity index is 1050. The number of rotatable bonds is 6. The van der Waals surface area contributed by atoms with Gasteiger partial charge in [0.05, 0.1) is 29.6 Å². The number of anilines is 1. The molecule has 4 rings (SSSR count). The van der Waals surface area contributed by atoms with E-state index in [1.165, 1.54) is 5.56 Å². The zero-order valence-corrected chi connectivity index (χ0v) is 15.6. The Morgan fingerprint density at radius 3 is 2.63 bits per heavy atom. The van der Waals surface area contributed by atoms with Gasteiger partial charge in [-0.25, -0.2) is 14.6 Å². The Morgan fingerprint density at radius 1 is 1.11 bits per heavy atom. The van der Waals surface area contributed by atoms with E-state index in [-0.39, 0.29) is 0 Å². The van der Waals surface area contributed by atoms with Gasteiger partial charge in [-0.3, -0.25) is 0 Å². The molecule has 7 heteroatoms. The van der Waals surface area contributed by atoms with E-state index in [9.17, 15) is 0 Å². The quantitative estimate of drug-likeness (QED) is 0.562. The first-order valence-corrected chi connectivity index (χ1v) is 8.74. The Kier molecular flexibility index (Phi) is 4.60. The lowest BCUT2D eigenvalue weighted by molar-refractivity contribution is 0.178. The van der Waals surface area contributed by atoms with Crippen LogP contribution in [-0.4, -0.2) is 26.9 Å². The first kappa shape index (κ1) is 17.2. The molecule has 0 spiro atoms. The molecular formula is C20H21N5O2. The fraction of sp³-hybridized carbons (Fsp3) is 0.250. The second-order valence-electron chi connectivity index (χ2n) is 6.39. The standard InChI is InChI=1S/C20H21N5O2/c1-13-6-8-15(9-7-13)25-20-18(14(2)24-25)19(22-17(23-20)12-26-3)21-11-16-5-4-10-27-16/h4-10H,11-12H2,1-3H3,(H,21,22,23). The first-order chi connectivity index (χ1) is 13.2. The highest BCUT2D eigenvalue weighted by Gasteiger charge is 2.17. The van der Waals surface area contributed by atoms with Gasteiger partial charge in [0.1, 0.15) is 18.2 Å². The summed E-state index contributed by atoms with van der Waals surface area (Å²) in [5, 5.41) is 8.95. The molecule has 0 amide bonds. The number of fused-ring (bicyclic) bond motifs is 1. The molecule has 3 aromatic heterocycles. The number of aromatic nitrogens is 4. The lowest BCUT2D eigenvalue weighted by Gasteiger charge is -2.09. The van der Waals surface area contributed by atoms with E-state index < -0.39 is 0 Å². The third kappa shape index (κ3) is 3.41. The van der Waals surface area contributed by atoms with Crippen molar-refractivity contribution < 1.29 is 9.15 Å². The van der Waals surface area contributed by atoms with Crippen molar-refractivity contribution in [3.63, 3.8) is 0 Å². The van der Waals surface area contributed by atoms with Crippen LogP contribution in [0.3, 0.4) is 0 Å². The van der Waals surface area contributed by atoms with Gasteiger partial charge in [-0.15, -0.1) is 0 Å². The third-order valence-electron chi connectivity index (χ3n) is 4.31. The highest BCUT2D eigenvalue weighted by molar-refractivity contribution is 5.90. The van der Waals surface area contributed by atoms with Crippen LogP contribution in [0.2, 0.25) is 0 Å². The summed E-state index contributed by atoms with van der Waals surface area (Å²) in [6.45, 7) is 4.88. The molecule has 0 aliphatic carbocycles. The Hall–Kier alpha value is -3.19. The molecule has 4 aromatic rings. The molecule has 0 unspecified atom stereocenters. The molecule has 0 bridgehead atoms. The predicted octanol–water partition coefficient (Wildman–Crippen LogP) is 3.78. The van der Waals surface area contributed by atoms with Gasteiger partial charge in [-0.2, -0.15) is 5.10 Å². The number of aryl methyl sites for hydroxylation is 2. The third-order valence-corrected chi connectivity index (χ3v) is 4.31. The molecule has 7 nitrogen and oxygen atoms in total. The molecule has 3 heterocycles. The van der Waals surface area contributed by atoms with E-state index in [0.29, 0.717) is 19.0 Å². The summed E-state index contributed by atoms with van der Waals surface area (Å²) in [5.41, 5.74) is 3.76. The minimum absolute atomic E-state index is 0.323. The summed E-state index contributed by atoms with van der Waals surface area (Å²) < 4.78 is 12.5. The molecule has 27 heavy (non-hydrogen) atoms. The van der Waals surface area contributed by atoms with Crippen LogP contribution in [0.25, 0.3) is 16.7 Å². The van der Waals surface area contributed by atoms with Crippen LogP contribution in [0.15, 0.2) is 47.1 Å². The number of hydrogen-bond acceptors (Lipinski definition) is 6. The lowest BCUT2D eigenvalue weighted by atomic mass is 10.2. The van der Waals surface area contributed by atoms with E-state index in [1.54, 1.807) is 13.4 Å². The maximum absolute atomic E-state index is 5.41. The zero-order valence-electron chi connectivity index (χ0n) is 15.6. The molecule has 0 saturated carbocycles. The minimum Gasteiger partial charge on any atom is -0.467 e. The van der Waals surface area contributed by atoms with Crippen LogP contribution in [-0.2, 0) is 17.9 Å². The van der Waals surface area contributed by atoms with Gasteiger partial charge in [-0.05, 0) is 38.1 Å². The molecule has 0 fully saturated rings. The number of nitrogens with zero attached hydrogens (tertiary/aromatic N) is 4. The fourth-order valence-electron chi connectivity index (χ4n) is 3.00. The molecule has 1 aromatic carbocycles. The van der Waals surface area contributed by atoms with Gasteiger partial charge in [0.15, 0.2) is 11.5 Å². The van der Waals surface area contributed by atoms with E-state index in [1.807, 2.05) is 35.9 Å². The largest absolute Gasteiger partial charge is 0.467 e. The van der Waals surface area contributed by atoms with Gasteiger partial charge in [0, 0.05) is 7.11 Å². The average Bonchev–Trinajstić information content (AvgIpc) is 3.29. The first-order valence-electron chi connectivity index (χ1n) is 8.74. The summed E-state index contributed by atoms with van der Waals surface area (Å²) in [6, 6.07) is 12.0. The van der Waals surface area contributed by atoms with Crippen LogP contribution >= 0.6 is 0 Å². The number of benzene rings is 1. The second-order valence-corrected chi connectivity index (χ2v) is 6.39. The van der Waals surface area contributed by atoms with Crippen molar-refractivity contribution >= 4 is 16.9 Å². The van der Waals surface area contributed by atoms with Crippen molar-refractivity contribution in [2.75, 3.05) is 12.4 Å². The van der Waals surface area contributed by atoms with E-state index >= 15 is 0 Å². The molecule has 0 aliphatic heterocycles. The van der Waals surface area contributed by atoms with E-state index in [2.05, 4.69) is 29.4 Å². The molecule has 138 valence electrons. The molecule has 0 aliphatic rings. The van der Waals surface area contributed by atoms with Crippen molar-refractivity contribution in [1.82, 2.24) is 19.7 Å². The molecule has 0 saturated heterocycles. The zero-order chi connectivity index (χ0) is 18.8. The number of furan rings is 1. The summed E-state index contributed by atoms with van der Waals surface area (Å²) in [7, 11) is 1.63. The molecular weight excluding hydrogens is 342 g/mol. The Labute approximate surface area is 157 Å². The summed E-state index contributed by atoms with van der Waals surface area (Å²) >= 11 is 0. The average molecular weight is 363 g/mol.